The maximum Gasteiger partial charge on any atom is 0.255 e. The number of halogens is 1. The van der Waals surface area contributed by atoms with Crippen LogP contribution in [0.15, 0.2) is 18.2 Å². The molecule has 1 amide bonds. The molecule has 0 aromatic heterocycles. The molecule has 2 heterocycles. The second-order valence-corrected chi connectivity index (χ2v) is 8.39. The molecule has 1 aromatic carbocycles. The van der Waals surface area contributed by atoms with Crippen molar-refractivity contribution in [3.05, 3.63) is 28.8 Å². The van der Waals surface area contributed by atoms with Gasteiger partial charge in [0.1, 0.15) is 0 Å². The number of amides is 1. The van der Waals surface area contributed by atoms with Crippen molar-refractivity contribution in [2.24, 2.45) is 0 Å². The van der Waals surface area contributed by atoms with E-state index in [4.69, 9.17) is 11.6 Å². The fourth-order valence-electron chi connectivity index (χ4n) is 3.09. The molecule has 1 aromatic rings. The summed E-state index contributed by atoms with van der Waals surface area (Å²) >= 11 is 6.26. The Hall–Kier alpha value is -1.31. The second-order valence-electron chi connectivity index (χ2n) is 5.97. The summed E-state index contributed by atoms with van der Waals surface area (Å²) in [6.45, 7) is 2.14. The molecule has 23 heavy (non-hydrogen) atoms. The molecule has 3 rings (SSSR count). The largest absolute Gasteiger partial charge is 0.337 e. The first-order valence-corrected chi connectivity index (χ1v) is 9.67. The summed E-state index contributed by atoms with van der Waals surface area (Å²) in [5.74, 6) is 0.0162. The van der Waals surface area contributed by atoms with Crippen molar-refractivity contribution in [2.75, 3.05) is 36.7 Å². The van der Waals surface area contributed by atoms with Gasteiger partial charge in [0.25, 0.3) is 5.91 Å². The van der Waals surface area contributed by atoms with Crippen LogP contribution in [0.5, 0.6) is 0 Å². The van der Waals surface area contributed by atoms with Crippen LogP contribution in [-0.2, 0) is 10.0 Å². The summed E-state index contributed by atoms with van der Waals surface area (Å²) < 4.78 is 25.3. The third-order valence-electron chi connectivity index (χ3n) is 4.47. The maximum absolute atomic E-state index is 12.6. The van der Waals surface area contributed by atoms with E-state index in [0.717, 1.165) is 19.5 Å². The Morgan fingerprint density at radius 2 is 2.22 bits per heavy atom. The van der Waals surface area contributed by atoms with E-state index in [1.165, 1.54) is 4.31 Å². The van der Waals surface area contributed by atoms with Crippen LogP contribution in [0.25, 0.3) is 0 Å². The number of hydrogen-bond acceptors (Lipinski definition) is 4. The van der Waals surface area contributed by atoms with Gasteiger partial charge in [0, 0.05) is 26.2 Å². The summed E-state index contributed by atoms with van der Waals surface area (Å²) in [5.41, 5.74) is 0.927. The van der Waals surface area contributed by atoms with Crippen LogP contribution in [-0.4, -0.2) is 57.7 Å². The molecule has 126 valence electrons. The number of sulfonamides is 1. The highest BCUT2D eigenvalue weighted by Crippen LogP contribution is 2.29. The highest BCUT2D eigenvalue weighted by atomic mass is 35.5. The van der Waals surface area contributed by atoms with Crippen molar-refractivity contribution >= 4 is 33.2 Å². The van der Waals surface area contributed by atoms with Gasteiger partial charge in [-0.15, -0.1) is 0 Å². The van der Waals surface area contributed by atoms with E-state index in [1.807, 2.05) is 0 Å². The van der Waals surface area contributed by atoms with Crippen molar-refractivity contribution in [1.29, 1.82) is 0 Å². The van der Waals surface area contributed by atoms with E-state index in [1.54, 1.807) is 30.1 Å². The molecular formula is C15H20ClN3O3S. The molecule has 2 aliphatic rings. The molecule has 2 saturated heterocycles. The summed E-state index contributed by atoms with van der Waals surface area (Å²) in [7, 11) is -1.48. The molecule has 0 spiro atoms. The van der Waals surface area contributed by atoms with Crippen LogP contribution in [0.3, 0.4) is 0 Å². The van der Waals surface area contributed by atoms with Gasteiger partial charge in [0.05, 0.1) is 22.0 Å². The molecule has 1 unspecified atom stereocenters. The number of anilines is 1. The van der Waals surface area contributed by atoms with Gasteiger partial charge in [-0.25, -0.2) is 8.42 Å². The van der Waals surface area contributed by atoms with Crippen LogP contribution in [0.4, 0.5) is 5.69 Å². The van der Waals surface area contributed by atoms with Crippen LogP contribution in [0.1, 0.15) is 23.2 Å². The van der Waals surface area contributed by atoms with E-state index in [2.05, 4.69) is 5.32 Å². The van der Waals surface area contributed by atoms with Crippen LogP contribution in [0, 0.1) is 0 Å². The van der Waals surface area contributed by atoms with Gasteiger partial charge in [-0.05, 0) is 37.6 Å². The second kappa shape index (κ2) is 6.30. The van der Waals surface area contributed by atoms with Gasteiger partial charge in [-0.2, -0.15) is 0 Å². The molecule has 0 saturated carbocycles. The zero-order valence-electron chi connectivity index (χ0n) is 13.0. The zero-order valence-corrected chi connectivity index (χ0v) is 14.5. The molecular weight excluding hydrogens is 338 g/mol. The summed E-state index contributed by atoms with van der Waals surface area (Å²) in [6.07, 6.45) is 1.53. The highest BCUT2D eigenvalue weighted by molar-refractivity contribution is 7.93. The van der Waals surface area contributed by atoms with E-state index in [0.29, 0.717) is 24.2 Å². The van der Waals surface area contributed by atoms with Gasteiger partial charge < -0.3 is 10.2 Å². The Kier molecular flexibility index (Phi) is 4.53. The molecule has 1 atom stereocenters. The fourth-order valence-corrected chi connectivity index (χ4v) is 4.90. The Labute approximate surface area is 141 Å². The first-order chi connectivity index (χ1) is 10.9. The van der Waals surface area contributed by atoms with Gasteiger partial charge in [-0.1, -0.05) is 11.6 Å². The van der Waals surface area contributed by atoms with Crippen molar-refractivity contribution in [1.82, 2.24) is 10.2 Å². The molecule has 8 heteroatoms. The molecule has 2 aliphatic heterocycles. The number of carbonyl (C=O) groups is 1. The zero-order chi connectivity index (χ0) is 16.6. The van der Waals surface area contributed by atoms with E-state index < -0.39 is 10.0 Å². The SMILES string of the molecule is CN(C(=O)c1ccc(N2CCCS2(=O)=O)cc1Cl)C1CCNC1. The number of hydrogen-bond donors (Lipinski definition) is 1. The number of likely N-dealkylation sites (N-methyl/N-ethyl adjacent to an activating group) is 1. The van der Waals surface area contributed by atoms with Crippen molar-refractivity contribution in [2.45, 2.75) is 18.9 Å². The van der Waals surface area contributed by atoms with Crippen LogP contribution < -0.4 is 9.62 Å². The number of carbonyl (C=O) groups excluding carboxylic acids is 1. The minimum absolute atomic E-state index is 0.139. The van der Waals surface area contributed by atoms with Gasteiger partial charge in [-0.3, -0.25) is 9.10 Å². The predicted molar refractivity (Wildman–Crippen MR) is 90.6 cm³/mol. The lowest BCUT2D eigenvalue weighted by molar-refractivity contribution is 0.0744. The van der Waals surface area contributed by atoms with Crippen LogP contribution in [0.2, 0.25) is 5.02 Å². The lowest BCUT2D eigenvalue weighted by Gasteiger charge is -2.25. The molecule has 6 nitrogen and oxygen atoms in total. The van der Waals surface area contributed by atoms with E-state index in [-0.39, 0.29) is 22.7 Å². The van der Waals surface area contributed by atoms with Gasteiger partial charge in [0.15, 0.2) is 0 Å². The molecule has 0 aliphatic carbocycles. The quantitative estimate of drug-likeness (QED) is 0.885. The monoisotopic (exact) mass is 357 g/mol. The molecule has 2 fully saturated rings. The molecule has 0 radical (unpaired) electrons. The van der Waals surface area contributed by atoms with Crippen LogP contribution >= 0.6 is 11.6 Å². The average molecular weight is 358 g/mol. The number of benzene rings is 1. The van der Waals surface area contributed by atoms with Crippen molar-refractivity contribution in [3.8, 4) is 0 Å². The minimum atomic E-state index is -3.25. The Bertz CT molecular complexity index is 717. The summed E-state index contributed by atoms with van der Waals surface area (Å²) in [5, 5.41) is 3.51. The first kappa shape index (κ1) is 16.5. The van der Waals surface area contributed by atoms with Crippen molar-refractivity contribution < 1.29 is 13.2 Å². The van der Waals surface area contributed by atoms with Gasteiger partial charge in [0.2, 0.25) is 10.0 Å². The summed E-state index contributed by atoms with van der Waals surface area (Å²) in [4.78, 5) is 14.3. The van der Waals surface area contributed by atoms with Gasteiger partial charge >= 0.3 is 0 Å². The lowest BCUT2D eigenvalue weighted by atomic mass is 10.1. The minimum Gasteiger partial charge on any atom is -0.337 e. The topological polar surface area (TPSA) is 69.7 Å². The standard InChI is InChI=1S/C15H20ClN3O3S/c1-18(12-5-6-17-10-12)15(20)13-4-3-11(9-14(13)16)19-7-2-8-23(19,21)22/h3-4,9,12,17H,2,5-8,10H2,1H3. The Morgan fingerprint density at radius 3 is 2.78 bits per heavy atom. The van der Waals surface area contributed by atoms with Crippen molar-refractivity contribution in [3.63, 3.8) is 0 Å². The Morgan fingerprint density at radius 1 is 1.43 bits per heavy atom. The number of rotatable bonds is 3. The molecule has 1 N–H and O–H groups in total. The number of nitrogens with one attached hydrogen (secondary N) is 1. The average Bonchev–Trinajstić information content (AvgIpc) is 3.14. The third-order valence-corrected chi connectivity index (χ3v) is 6.65. The molecule has 0 bridgehead atoms. The first-order valence-electron chi connectivity index (χ1n) is 7.68. The summed E-state index contributed by atoms with van der Waals surface area (Å²) in [6, 6.07) is 5.01. The van der Waals surface area contributed by atoms with E-state index in [9.17, 15) is 13.2 Å². The highest BCUT2D eigenvalue weighted by Gasteiger charge is 2.30. The third kappa shape index (κ3) is 3.18. The normalized spacial score (nSPS) is 23.2. The smallest absolute Gasteiger partial charge is 0.255 e. The lowest BCUT2D eigenvalue weighted by Crippen LogP contribution is -2.38. The fraction of sp³-hybridized carbons (Fsp3) is 0.533. The van der Waals surface area contributed by atoms with E-state index >= 15 is 0 Å². The predicted octanol–water partition coefficient (Wildman–Crippen LogP) is 1.31. The Balaban J connectivity index is 1.83. The maximum atomic E-state index is 12.6. The number of nitrogens with zero attached hydrogens (tertiary/aromatic N) is 2.